The monoisotopic (exact) mass is 358 g/mol. The molecule has 0 unspecified atom stereocenters. The Bertz CT molecular complexity index is 697. The number of hydrogen-bond acceptors (Lipinski definition) is 3. The molecule has 1 N–H and O–H groups in total. The van der Waals surface area contributed by atoms with Crippen LogP contribution in [0.4, 0.5) is 5.69 Å². The summed E-state index contributed by atoms with van der Waals surface area (Å²) >= 11 is 5.96. The highest BCUT2D eigenvalue weighted by molar-refractivity contribution is 6.30. The normalized spacial score (nSPS) is 15.1. The summed E-state index contributed by atoms with van der Waals surface area (Å²) in [6.07, 6.45) is 1.12. The molecule has 0 atom stereocenters. The van der Waals surface area contributed by atoms with Gasteiger partial charge in [-0.05, 0) is 41.8 Å². The molecule has 1 aliphatic heterocycles. The number of morpholine rings is 1. The second-order valence-corrected chi connectivity index (χ2v) is 6.70. The molecular formula is C20H23ClN2O2. The van der Waals surface area contributed by atoms with Gasteiger partial charge in [0.05, 0.1) is 13.2 Å². The number of carbonyl (C=O) groups excluding carboxylic acids is 1. The van der Waals surface area contributed by atoms with E-state index in [9.17, 15) is 4.79 Å². The lowest BCUT2D eigenvalue weighted by molar-refractivity contribution is -0.116. The molecule has 5 heteroatoms. The van der Waals surface area contributed by atoms with Gasteiger partial charge in [0.1, 0.15) is 0 Å². The molecule has 1 aliphatic rings. The summed E-state index contributed by atoms with van der Waals surface area (Å²) in [4.78, 5) is 14.5. The molecule has 1 fully saturated rings. The van der Waals surface area contributed by atoms with Gasteiger partial charge < -0.3 is 10.1 Å². The first-order chi connectivity index (χ1) is 12.2. The van der Waals surface area contributed by atoms with Crippen molar-refractivity contribution in [1.29, 1.82) is 0 Å². The second kappa shape index (κ2) is 8.99. The van der Waals surface area contributed by atoms with E-state index in [-0.39, 0.29) is 5.91 Å². The fourth-order valence-electron chi connectivity index (χ4n) is 2.88. The van der Waals surface area contributed by atoms with Crippen molar-refractivity contribution in [1.82, 2.24) is 4.90 Å². The number of ether oxygens (including phenoxy) is 1. The number of aryl methyl sites for hydroxylation is 1. The molecule has 2 aromatic rings. The lowest BCUT2D eigenvalue weighted by Gasteiger charge is -2.26. The van der Waals surface area contributed by atoms with Gasteiger partial charge in [0.2, 0.25) is 5.91 Å². The van der Waals surface area contributed by atoms with Crippen LogP contribution >= 0.6 is 11.6 Å². The van der Waals surface area contributed by atoms with E-state index >= 15 is 0 Å². The van der Waals surface area contributed by atoms with Gasteiger partial charge in [-0.2, -0.15) is 0 Å². The Labute approximate surface area is 153 Å². The lowest BCUT2D eigenvalue weighted by Crippen LogP contribution is -2.35. The van der Waals surface area contributed by atoms with Crippen molar-refractivity contribution in [2.24, 2.45) is 0 Å². The molecule has 4 nitrogen and oxygen atoms in total. The van der Waals surface area contributed by atoms with Gasteiger partial charge in [0.25, 0.3) is 0 Å². The summed E-state index contributed by atoms with van der Waals surface area (Å²) in [7, 11) is 0. The highest BCUT2D eigenvalue weighted by atomic mass is 35.5. The lowest BCUT2D eigenvalue weighted by atomic mass is 10.1. The largest absolute Gasteiger partial charge is 0.379 e. The Morgan fingerprint density at radius 1 is 1.08 bits per heavy atom. The summed E-state index contributed by atoms with van der Waals surface area (Å²) in [6.45, 7) is 4.48. The fourth-order valence-corrected chi connectivity index (χ4v) is 3.10. The molecule has 25 heavy (non-hydrogen) atoms. The number of nitrogens with one attached hydrogen (secondary N) is 1. The fraction of sp³-hybridized carbons (Fsp3) is 0.350. The average molecular weight is 359 g/mol. The van der Waals surface area contributed by atoms with Crippen LogP contribution in [0, 0.1) is 0 Å². The Balaban J connectivity index is 1.46. The topological polar surface area (TPSA) is 41.6 Å². The number of nitrogens with zero attached hydrogens (tertiary/aromatic N) is 1. The zero-order valence-electron chi connectivity index (χ0n) is 14.2. The molecule has 0 aromatic heterocycles. The summed E-state index contributed by atoms with van der Waals surface area (Å²) in [5, 5.41) is 3.65. The Kier molecular flexibility index (Phi) is 6.45. The summed E-state index contributed by atoms with van der Waals surface area (Å²) in [5.74, 6) is 0.0147. The van der Waals surface area contributed by atoms with E-state index in [0.29, 0.717) is 17.9 Å². The Hall–Kier alpha value is -1.88. The summed E-state index contributed by atoms with van der Waals surface area (Å²) < 4.78 is 5.37. The van der Waals surface area contributed by atoms with E-state index < -0.39 is 0 Å². The van der Waals surface area contributed by atoms with E-state index in [2.05, 4.69) is 22.3 Å². The van der Waals surface area contributed by atoms with Crippen LogP contribution in [0.5, 0.6) is 0 Å². The zero-order chi connectivity index (χ0) is 17.5. The summed E-state index contributed by atoms with van der Waals surface area (Å²) in [6, 6.07) is 15.7. The van der Waals surface area contributed by atoms with Gasteiger partial charge in [-0.25, -0.2) is 0 Å². The van der Waals surface area contributed by atoms with Crippen LogP contribution in [0.1, 0.15) is 17.5 Å². The minimum absolute atomic E-state index is 0.0147. The van der Waals surface area contributed by atoms with Crippen LogP contribution in [0.15, 0.2) is 48.5 Å². The highest BCUT2D eigenvalue weighted by Crippen LogP contribution is 2.15. The predicted molar refractivity (Wildman–Crippen MR) is 101 cm³/mol. The molecule has 132 valence electrons. The SMILES string of the molecule is O=C(CCc1cccc(Cl)c1)Nc1ccc(CN2CCOCC2)cc1. The molecule has 0 saturated carbocycles. The maximum Gasteiger partial charge on any atom is 0.224 e. The molecule has 0 radical (unpaired) electrons. The second-order valence-electron chi connectivity index (χ2n) is 6.26. The number of amides is 1. The molecule has 3 rings (SSSR count). The summed E-state index contributed by atoms with van der Waals surface area (Å²) in [5.41, 5.74) is 3.16. The van der Waals surface area contributed by atoms with E-state index in [1.807, 2.05) is 36.4 Å². The van der Waals surface area contributed by atoms with E-state index in [0.717, 1.165) is 44.1 Å². The number of hydrogen-bond donors (Lipinski definition) is 1. The third-order valence-corrected chi connectivity index (χ3v) is 4.51. The third-order valence-electron chi connectivity index (χ3n) is 4.28. The van der Waals surface area contributed by atoms with Gasteiger partial charge >= 0.3 is 0 Å². The maximum atomic E-state index is 12.1. The van der Waals surface area contributed by atoms with Crippen LogP contribution < -0.4 is 5.32 Å². The molecule has 0 spiro atoms. The van der Waals surface area contributed by atoms with Crippen LogP contribution in [0.3, 0.4) is 0 Å². The van der Waals surface area contributed by atoms with Gasteiger partial charge in [-0.1, -0.05) is 35.9 Å². The van der Waals surface area contributed by atoms with Crippen LogP contribution in [-0.2, 0) is 22.5 Å². The quantitative estimate of drug-likeness (QED) is 0.855. The maximum absolute atomic E-state index is 12.1. The first-order valence-electron chi connectivity index (χ1n) is 8.62. The first-order valence-corrected chi connectivity index (χ1v) is 9.00. The minimum Gasteiger partial charge on any atom is -0.379 e. The van der Waals surface area contributed by atoms with Gasteiger partial charge in [0.15, 0.2) is 0 Å². The van der Waals surface area contributed by atoms with Gasteiger partial charge in [-0.15, -0.1) is 0 Å². The van der Waals surface area contributed by atoms with Gasteiger partial charge in [-0.3, -0.25) is 9.69 Å². The molecule has 1 heterocycles. The zero-order valence-corrected chi connectivity index (χ0v) is 15.0. The van der Waals surface area contributed by atoms with Crippen molar-refractivity contribution in [3.05, 3.63) is 64.7 Å². The molecule has 1 saturated heterocycles. The van der Waals surface area contributed by atoms with Crippen molar-refractivity contribution in [2.45, 2.75) is 19.4 Å². The van der Waals surface area contributed by atoms with Gasteiger partial charge in [0, 0.05) is 36.8 Å². The molecule has 1 amide bonds. The predicted octanol–water partition coefficient (Wildman–Crippen LogP) is 3.74. The number of carbonyl (C=O) groups is 1. The number of rotatable bonds is 6. The third kappa shape index (κ3) is 5.85. The van der Waals surface area contributed by atoms with Crippen LogP contribution in [0.25, 0.3) is 0 Å². The average Bonchev–Trinajstić information content (AvgIpc) is 2.63. The van der Waals surface area contributed by atoms with Crippen LogP contribution in [-0.4, -0.2) is 37.1 Å². The Morgan fingerprint density at radius 3 is 2.56 bits per heavy atom. The van der Waals surface area contributed by atoms with Crippen molar-refractivity contribution in [2.75, 3.05) is 31.6 Å². The van der Waals surface area contributed by atoms with E-state index in [4.69, 9.17) is 16.3 Å². The number of benzene rings is 2. The minimum atomic E-state index is 0.0147. The molecule has 2 aromatic carbocycles. The number of halogens is 1. The smallest absolute Gasteiger partial charge is 0.224 e. The Morgan fingerprint density at radius 2 is 1.84 bits per heavy atom. The van der Waals surface area contributed by atoms with E-state index in [1.54, 1.807) is 0 Å². The number of anilines is 1. The standard InChI is InChI=1S/C20H23ClN2O2/c21-18-3-1-2-16(14-18)6-9-20(24)22-19-7-4-17(5-8-19)15-23-10-12-25-13-11-23/h1-5,7-8,14H,6,9-13,15H2,(H,22,24). The van der Waals surface area contributed by atoms with Crippen molar-refractivity contribution in [3.63, 3.8) is 0 Å². The van der Waals surface area contributed by atoms with Crippen molar-refractivity contribution < 1.29 is 9.53 Å². The van der Waals surface area contributed by atoms with Crippen molar-refractivity contribution >= 4 is 23.2 Å². The molecule has 0 bridgehead atoms. The molecular weight excluding hydrogens is 336 g/mol. The van der Waals surface area contributed by atoms with E-state index in [1.165, 1.54) is 5.56 Å². The molecule has 0 aliphatic carbocycles. The van der Waals surface area contributed by atoms with Crippen LogP contribution in [0.2, 0.25) is 5.02 Å². The highest BCUT2D eigenvalue weighted by Gasteiger charge is 2.10. The first kappa shape index (κ1) is 17.9. The van der Waals surface area contributed by atoms with Crippen molar-refractivity contribution in [3.8, 4) is 0 Å².